The summed E-state index contributed by atoms with van der Waals surface area (Å²) in [5.74, 6) is 2.82. The van der Waals surface area contributed by atoms with Gasteiger partial charge in [0.05, 0.1) is 0 Å². The van der Waals surface area contributed by atoms with Gasteiger partial charge < -0.3 is 10.2 Å². The van der Waals surface area contributed by atoms with Gasteiger partial charge in [0.1, 0.15) is 0 Å². The fraction of sp³-hybridized carbons (Fsp3) is 1.00. The SMILES string of the molecule is CC(C)CC1CCN(CC2CCCNC2)CC1. The van der Waals surface area contributed by atoms with Crippen molar-refractivity contribution in [1.29, 1.82) is 0 Å². The number of hydrogen-bond donors (Lipinski definition) is 1. The second kappa shape index (κ2) is 6.75. The van der Waals surface area contributed by atoms with Crippen molar-refractivity contribution in [3.05, 3.63) is 0 Å². The lowest BCUT2D eigenvalue weighted by Gasteiger charge is -2.36. The van der Waals surface area contributed by atoms with E-state index in [1.54, 1.807) is 0 Å². The third-order valence-corrected chi connectivity index (χ3v) is 4.43. The molecule has 0 saturated carbocycles. The molecule has 2 fully saturated rings. The van der Waals surface area contributed by atoms with Crippen molar-refractivity contribution in [3.8, 4) is 0 Å². The molecule has 0 bridgehead atoms. The zero-order valence-electron chi connectivity index (χ0n) is 11.8. The lowest BCUT2D eigenvalue weighted by atomic mass is 9.88. The van der Waals surface area contributed by atoms with Crippen molar-refractivity contribution < 1.29 is 0 Å². The molecule has 2 saturated heterocycles. The highest BCUT2D eigenvalue weighted by Gasteiger charge is 2.22. The van der Waals surface area contributed by atoms with Crippen LogP contribution in [-0.2, 0) is 0 Å². The van der Waals surface area contributed by atoms with E-state index in [1.807, 2.05) is 0 Å². The summed E-state index contributed by atoms with van der Waals surface area (Å²) in [5, 5.41) is 3.53. The smallest absolute Gasteiger partial charge is 0.00218 e. The molecule has 2 aliphatic rings. The Morgan fingerprint density at radius 1 is 1.12 bits per heavy atom. The molecule has 100 valence electrons. The first-order chi connectivity index (χ1) is 8.24. The predicted molar refractivity (Wildman–Crippen MR) is 74.2 cm³/mol. The molecular weight excluding hydrogens is 208 g/mol. The summed E-state index contributed by atoms with van der Waals surface area (Å²) < 4.78 is 0. The van der Waals surface area contributed by atoms with E-state index >= 15 is 0 Å². The Morgan fingerprint density at radius 3 is 2.47 bits per heavy atom. The molecule has 0 aromatic carbocycles. The van der Waals surface area contributed by atoms with E-state index in [0.29, 0.717) is 0 Å². The van der Waals surface area contributed by atoms with Gasteiger partial charge >= 0.3 is 0 Å². The summed E-state index contributed by atoms with van der Waals surface area (Å²) in [6, 6.07) is 0. The van der Waals surface area contributed by atoms with Crippen LogP contribution in [0.5, 0.6) is 0 Å². The molecule has 2 aliphatic heterocycles. The molecule has 0 spiro atoms. The van der Waals surface area contributed by atoms with Gasteiger partial charge in [-0.1, -0.05) is 13.8 Å². The lowest BCUT2D eigenvalue weighted by Crippen LogP contribution is -2.41. The van der Waals surface area contributed by atoms with Crippen molar-refractivity contribution in [3.63, 3.8) is 0 Å². The van der Waals surface area contributed by atoms with E-state index in [2.05, 4.69) is 24.1 Å². The van der Waals surface area contributed by atoms with Gasteiger partial charge in [0.15, 0.2) is 0 Å². The number of piperidine rings is 2. The molecule has 1 unspecified atom stereocenters. The van der Waals surface area contributed by atoms with Crippen molar-refractivity contribution in [2.75, 3.05) is 32.7 Å². The Labute approximate surface area is 107 Å². The summed E-state index contributed by atoms with van der Waals surface area (Å²) in [7, 11) is 0. The first-order valence-electron chi connectivity index (χ1n) is 7.67. The average molecular weight is 238 g/mol. The number of hydrogen-bond acceptors (Lipinski definition) is 2. The van der Waals surface area contributed by atoms with Crippen LogP contribution >= 0.6 is 0 Å². The molecule has 2 heterocycles. The summed E-state index contributed by atoms with van der Waals surface area (Å²) in [6.45, 7) is 11.3. The van der Waals surface area contributed by atoms with Crippen LogP contribution in [0.1, 0.15) is 46.0 Å². The van der Waals surface area contributed by atoms with Crippen LogP contribution in [0.2, 0.25) is 0 Å². The Morgan fingerprint density at radius 2 is 1.88 bits per heavy atom. The Hall–Kier alpha value is -0.0800. The van der Waals surface area contributed by atoms with E-state index < -0.39 is 0 Å². The summed E-state index contributed by atoms with van der Waals surface area (Å²) in [5.41, 5.74) is 0. The van der Waals surface area contributed by atoms with Gasteiger partial charge in [0.25, 0.3) is 0 Å². The Kier molecular flexibility index (Phi) is 5.30. The minimum absolute atomic E-state index is 0.883. The highest BCUT2D eigenvalue weighted by atomic mass is 15.1. The largest absolute Gasteiger partial charge is 0.316 e. The van der Waals surface area contributed by atoms with Gasteiger partial charge in [-0.25, -0.2) is 0 Å². The standard InChI is InChI=1S/C15H30N2/c1-13(2)10-14-5-8-17(9-6-14)12-15-4-3-7-16-11-15/h13-16H,3-12H2,1-2H3. The normalized spacial score (nSPS) is 28.8. The molecule has 2 heteroatoms. The fourth-order valence-electron chi connectivity index (χ4n) is 3.52. The van der Waals surface area contributed by atoms with Gasteiger partial charge in [-0.05, 0) is 76.0 Å². The molecule has 2 rings (SSSR count). The van der Waals surface area contributed by atoms with Gasteiger partial charge in [-0.3, -0.25) is 0 Å². The van der Waals surface area contributed by atoms with Crippen LogP contribution in [0.15, 0.2) is 0 Å². The maximum absolute atomic E-state index is 3.53. The first kappa shape index (κ1) is 13.4. The summed E-state index contributed by atoms with van der Waals surface area (Å²) >= 11 is 0. The molecule has 2 nitrogen and oxygen atoms in total. The monoisotopic (exact) mass is 238 g/mol. The first-order valence-corrected chi connectivity index (χ1v) is 7.67. The van der Waals surface area contributed by atoms with Crippen molar-refractivity contribution in [2.45, 2.75) is 46.0 Å². The maximum atomic E-state index is 3.53. The second-order valence-corrected chi connectivity index (χ2v) is 6.59. The molecule has 0 aliphatic carbocycles. The van der Waals surface area contributed by atoms with E-state index in [4.69, 9.17) is 0 Å². The van der Waals surface area contributed by atoms with Crippen molar-refractivity contribution >= 4 is 0 Å². The molecule has 1 N–H and O–H groups in total. The van der Waals surface area contributed by atoms with Gasteiger partial charge in [-0.15, -0.1) is 0 Å². The average Bonchev–Trinajstić information content (AvgIpc) is 2.32. The van der Waals surface area contributed by atoms with Gasteiger partial charge in [0.2, 0.25) is 0 Å². The molecular formula is C15H30N2. The summed E-state index contributed by atoms with van der Waals surface area (Å²) in [6.07, 6.45) is 7.16. The van der Waals surface area contributed by atoms with E-state index in [0.717, 1.165) is 17.8 Å². The lowest BCUT2D eigenvalue weighted by molar-refractivity contribution is 0.141. The minimum Gasteiger partial charge on any atom is -0.316 e. The van der Waals surface area contributed by atoms with Crippen LogP contribution in [0.3, 0.4) is 0 Å². The molecule has 0 radical (unpaired) electrons. The molecule has 0 aromatic rings. The minimum atomic E-state index is 0.883. The zero-order valence-corrected chi connectivity index (χ0v) is 11.8. The topological polar surface area (TPSA) is 15.3 Å². The van der Waals surface area contributed by atoms with Crippen LogP contribution in [0, 0.1) is 17.8 Å². The van der Waals surface area contributed by atoms with E-state index in [1.165, 1.54) is 64.8 Å². The van der Waals surface area contributed by atoms with Crippen LogP contribution < -0.4 is 5.32 Å². The molecule has 17 heavy (non-hydrogen) atoms. The second-order valence-electron chi connectivity index (χ2n) is 6.59. The highest BCUT2D eigenvalue weighted by molar-refractivity contribution is 4.77. The van der Waals surface area contributed by atoms with Crippen LogP contribution in [0.4, 0.5) is 0 Å². The summed E-state index contributed by atoms with van der Waals surface area (Å²) in [4.78, 5) is 2.72. The molecule has 1 atom stereocenters. The molecule has 0 aromatic heterocycles. The third kappa shape index (κ3) is 4.59. The zero-order chi connectivity index (χ0) is 12.1. The molecule has 0 amide bonds. The Balaban J connectivity index is 1.64. The highest BCUT2D eigenvalue weighted by Crippen LogP contribution is 2.25. The number of rotatable bonds is 4. The number of nitrogens with zero attached hydrogens (tertiary/aromatic N) is 1. The van der Waals surface area contributed by atoms with E-state index in [-0.39, 0.29) is 0 Å². The van der Waals surface area contributed by atoms with E-state index in [9.17, 15) is 0 Å². The van der Waals surface area contributed by atoms with Gasteiger partial charge in [-0.2, -0.15) is 0 Å². The number of nitrogens with one attached hydrogen (secondary N) is 1. The van der Waals surface area contributed by atoms with Crippen molar-refractivity contribution in [1.82, 2.24) is 10.2 Å². The third-order valence-electron chi connectivity index (χ3n) is 4.43. The van der Waals surface area contributed by atoms with Gasteiger partial charge in [0, 0.05) is 6.54 Å². The van der Waals surface area contributed by atoms with Crippen LogP contribution in [0.25, 0.3) is 0 Å². The predicted octanol–water partition coefficient (Wildman–Crippen LogP) is 2.74. The number of likely N-dealkylation sites (tertiary alicyclic amines) is 1. The quantitative estimate of drug-likeness (QED) is 0.810. The maximum Gasteiger partial charge on any atom is 0.00218 e. The van der Waals surface area contributed by atoms with Crippen molar-refractivity contribution in [2.24, 2.45) is 17.8 Å². The fourth-order valence-corrected chi connectivity index (χ4v) is 3.52. The Bertz CT molecular complexity index is 201. The van der Waals surface area contributed by atoms with Crippen LogP contribution in [-0.4, -0.2) is 37.6 Å².